The highest BCUT2D eigenvalue weighted by atomic mass is 19.1. The Morgan fingerprint density at radius 3 is 2.50 bits per heavy atom. The number of nitrogens with zero attached hydrogens (tertiary/aromatic N) is 3. The second-order valence-electron chi connectivity index (χ2n) is 9.33. The number of hydrogen-bond acceptors (Lipinski definition) is 4. The van der Waals surface area contributed by atoms with Gasteiger partial charge in [0.2, 0.25) is 0 Å². The summed E-state index contributed by atoms with van der Waals surface area (Å²) in [5.74, 6) is 6.16. The van der Waals surface area contributed by atoms with Crippen molar-refractivity contribution < 1.29 is 14.3 Å². The Hall–Kier alpha value is -2.92. The molecule has 0 aliphatic carbocycles. The van der Waals surface area contributed by atoms with Crippen LogP contribution in [-0.4, -0.2) is 84.8 Å². The van der Waals surface area contributed by atoms with Crippen molar-refractivity contribution in [1.29, 1.82) is 0 Å². The molecule has 0 radical (unpaired) electrons. The van der Waals surface area contributed by atoms with E-state index >= 15 is 0 Å². The van der Waals surface area contributed by atoms with Crippen molar-refractivity contribution in [2.75, 3.05) is 52.2 Å². The molecule has 2 aliphatic rings. The van der Waals surface area contributed by atoms with Crippen LogP contribution < -0.4 is 5.32 Å². The highest BCUT2D eigenvalue weighted by Crippen LogP contribution is 2.42. The lowest BCUT2D eigenvalue weighted by atomic mass is 9.74. The number of rotatable bonds is 4. The first-order valence-electron chi connectivity index (χ1n) is 11.9. The number of benzene rings is 2. The number of urea groups is 1. The Labute approximate surface area is 201 Å². The van der Waals surface area contributed by atoms with Gasteiger partial charge < -0.3 is 15.3 Å². The van der Waals surface area contributed by atoms with Crippen molar-refractivity contribution >= 4 is 11.7 Å². The van der Waals surface area contributed by atoms with E-state index in [1.54, 1.807) is 12.1 Å². The van der Waals surface area contributed by atoms with Crippen molar-refractivity contribution in [2.45, 2.75) is 30.8 Å². The molecule has 2 saturated heterocycles. The zero-order valence-corrected chi connectivity index (χ0v) is 19.9. The average Bonchev–Trinajstić information content (AvgIpc) is 2.80. The summed E-state index contributed by atoms with van der Waals surface area (Å²) in [6.07, 6.45) is 1.88. The molecule has 3 atom stereocenters. The van der Waals surface area contributed by atoms with Crippen molar-refractivity contribution in [2.24, 2.45) is 0 Å². The molecule has 0 bridgehead atoms. The Balaban J connectivity index is 1.48. The maximum atomic E-state index is 13.2. The minimum atomic E-state index is -0.332. The fourth-order valence-corrected chi connectivity index (χ4v) is 4.95. The Kier molecular flexibility index (Phi) is 7.84. The van der Waals surface area contributed by atoms with Gasteiger partial charge in [-0.3, -0.25) is 9.80 Å². The topological polar surface area (TPSA) is 59.1 Å². The third-order valence-corrected chi connectivity index (χ3v) is 6.68. The molecule has 4 rings (SSSR count). The van der Waals surface area contributed by atoms with Crippen LogP contribution in [0.5, 0.6) is 0 Å². The molecule has 6 nitrogen and oxygen atoms in total. The minimum absolute atomic E-state index is 0.0517. The summed E-state index contributed by atoms with van der Waals surface area (Å²) in [7, 11) is 3.99. The molecular weight excluding hydrogens is 431 g/mol. The quantitative estimate of drug-likeness (QED) is 0.683. The molecule has 180 valence electrons. The van der Waals surface area contributed by atoms with Gasteiger partial charge in [0.15, 0.2) is 0 Å². The van der Waals surface area contributed by atoms with E-state index in [2.05, 4.69) is 34.2 Å². The molecule has 34 heavy (non-hydrogen) atoms. The van der Waals surface area contributed by atoms with Gasteiger partial charge in [-0.15, -0.1) is 0 Å². The summed E-state index contributed by atoms with van der Waals surface area (Å²) < 4.78 is 13.2. The predicted octanol–water partition coefficient (Wildman–Crippen LogP) is 3.20. The van der Waals surface area contributed by atoms with E-state index < -0.39 is 0 Å². The molecule has 2 amide bonds. The number of carbonyl (C=O) groups is 1. The van der Waals surface area contributed by atoms with Crippen molar-refractivity contribution in [1.82, 2.24) is 14.7 Å². The summed E-state index contributed by atoms with van der Waals surface area (Å²) in [5, 5.41) is 13.0. The van der Waals surface area contributed by atoms with Crippen LogP contribution in [0.3, 0.4) is 0 Å². The first-order chi connectivity index (χ1) is 16.5. The molecule has 2 fully saturated rings. The van der Waals surface area contributed by atoms with Crippen LogP contribution in [0.4, 0.5) is 14.9 Å². The molecule has 0 spiro atoms. The number of anilines is 1. The Morgan fingerprint density at radius 1 is 1.12 bits per heavy atom. The number of carbonyl (C=O) groups excluding carboxylic acids is 1. The summed E-state index contributed by atoms with van der Waals surface area (Å²) in [6.45, 7) is 2.98. The molecule has 2 N–H and O–H groups in total. The number of hydrogen-bond donors (Lipinski definition) is 2. The lowest BCUT2D eigenvalue weighted by Gasteiger charge is -2.57. The molecule has 2 heterocycles. The number of halogens is 1. The summed E-state index contributed by atoms with van der Waals surface area (Å²) in [4.78, 5) is 19.2. The van der Waals surface area contributed by atoms with Crippen molar-refractivity contribution in [3.8, 4) is 11.8 Å². The first-order valence-corrected chi connectivity index (χ1v) is 11.9. The molecule has 0 aromatic heterocycles. The first kappa shape index (κ1) is 24.2. The highest BCUT2D eigenvalue weighted by molar-refractivity contribution is 5.89. The monoisotopic (exact) mass is 464 g/mol. The number of nitrogens with one attached hydrogen (secondary N) is 1. The second kappa shape index (κ2) is 11.0. The predicted molar refractivity (Wildman–Crippen MR) is 132 cm³/mol. The SMILES string of the molecule is CN(C)CC#Cc1ccc([C@@H]2[C@@H](CO)N3CCCCN(C(=O)Nc4ccc(F)cc4)C[C@H]23)cc1. The zero-order chi connectivity index (χ0) is 24.1. The molecule has 2 aliphatic heterocycles. The fraction of sp³-hybridized carbons (Fsp3) is 0.444. The number of amides is 2. The van der Waals surface area contributed by atoms with Crippen LogP contribution in [0.2, 0.25) is 0 Å². The Morgan fingerprint density at radius 2 is 1.82 bits per heavy atom. The number of aliphatic hydroxyl groups excluding tert-OH is 1. The van der Waals surface area contributed by atoms with Gasteiger partial charge in [0.05, 0.1) is 13.2 Å². The fourth-order valence-electron chi connectivity index (χ4n) is 4.95. The lowest BCUT2D eigenvalue weighted by molar-refractivity contribution is -0.0585. The summed E-state index contributed by atoms with van der Waals surface area (Å²) in [6, 6.07) is 14.1. The van der Waals surface area contributed by atoms with Gasteiger partial charge >= 0.3 is 6.03 Å². The molecular formula is C27H33FN4O2. The van der Waals surface area contributed by atoms with Crippen LogP contribution in [-0.2, 0) is 0 Å². The number of aliphatic hydroxyl groups is 1. The normalized spacial score (nSPS) is 22.6. The molecule has 7 heteroatoms. The van der Waals surface area contributed by atoms with Gasteiger partial charge in [0, 0.05) is 42.3 Å². The third-order valence-electron chi connectivity index (χ3n) is 6.68. The molecule has 2 aromatic rings. The van der Waals surface area contributed by atoms with E-state index in [0.29, 0.717) is 25.3 Å². The largest absolute Gasteiger partial charge is 0.395 e. The van der Waals surface area contributed by atoms with Crippen LogP contribution in [0.15, 0.2) is 48.5 Å². The van der Waals surface area contributed by atoms with Crippen LogP contribution >= 0.6 is 0 Å². The molecule has 0 unspecified atom stereocenters. The minimum Gasteiger partial charge on any atom is -0.395 e. The number of fused-ring (bicyclic) bond motifs is 1. The van der Waals surface area contributed by atoms with Crippen molar-refractivity contribution in [3.63, 3.8) is 0 Å². The zero-order valence-electron chi connectivity index (χ0n) is 19.9. The van der Waals surface area contributed by atoms with E-state index in [-0.39, 0.29) is 36.5 Å². The maximum Gasteiger partial charge on any atom is 0.321 e. The smallest absolute Gasteiger partial charge is 0.321 e. The Bertz CT molecular complexity index is 1030. The third kappa shape index (κ3) is 5.58. The van der Waals surface area contributed by atoms with Crippen LogP contribution in [0, 0.1) is 17.7 Å². The van der Waals surface area contributed by atoms with Gasteiger partial charge in [-0.1, -0.05) is 24.0 Å². The highest BCUT2D eigenvalue weighted by Gasteiger charge is 2.49. The van der Waals surface area contributed by atoms with Crippen molar-refractivity contribution in [3.05, 3.63) is 65.5 Å². The van der Waals surface area contributed by atoms with E-state index in [1.807, 2.05) is 36.0 Å². The standard InChI is InChI=1S/C27H33FN4O2/c1-30(2)15-5-6-20-7-9-21(10-8-20)26-24-18-31(16-3-4-17-32(24)25(26)19-33)27(34)29-23-13-11-22(28)12-14-23/h7-14,24-26,33H,3-4,15-19H2,1-2H3,(H,29,34)/t24-,25-,26+/m1/s1. The second-order valence-corrected chi connectivity index (χ2v) is 9.33. The van der Waals surface area contributed by atoms with E-state index in [0.717, 1.165) is 30.5 Å². The summed E-state index contributed by atoms with van der Waals surface area (Å²) >= 11 is 0. The average molecular weight is 465 g/mol. The van der Waals surface area contributed by atoms with Gasteiger partial charge in [0.25, 0.3) is 0 Å². The van der Waals surface area contributed by atoms with Crippen LogP contribution in [0.1, 0.15) is 29.9 Å². The van der Waals surface area contributed by atoms with Gasteiger partial charge in [0.1, 0.15) is 5.82 Å². The summed E-state index contributed by atoms with van der Waals surface area (Å²) in [5.41, 5.74) is 2.72. The molecule has 2 aromatic carbocycles. The van der Waals surface area contributed by atoms with Gasteiger partial charge in [-0.05, 0) is 75.4 Å². The molecule has 0 saturated carbocycles. The van der Waals surface area contributed by atoms with E-state index in [1.165, 1.54) is 12.1 Å². The van der Waals surface area contributed by atoms with E-state index in [9.17, 15) is 14.3 Å². The van der Waals surface area contributed by atoms with Crippen LogP contribution in [0.25, 0.3) is 0 Å². The lowest BCUT2D eigenvalue weighted by Crippen LogP contribution is -2.68. The van der Waals surface area contributed by atoms with E-state index in [4.69, 9.17) is 0 Å². The van der Waals surface area contributed by atoms with Gasteiger partial charge in [-0.25, -0.2) is 9.18 Å². The maximum absolute atomic E-state index is 13.2. The van der Waals surface area contributed by atoms with Gasteiger partial charge in [-0.2, -0.15) is 0 Å².